The molecule has 0 aliphatic rings. The Kier molecular flexibility index (Phi) is 4.91. The highest BCUT2D eigenvalue weighted by Crippen LogP contribution is 2.26. The lowest BCUT2D eigenvalue weighted by Gasteiger charge is -2.20. The number of aryl methyl sites for hydroxylation is 1. The lowest BCUT2D eigenvalue weighted by atomic mass is 10.1. The van der Waals surface area contributed by atoms with Crippen LogP contribution in [0.1, 0.15) is 50.7 Å². The van der Waals surface area contributed by atoms with Crippen LogP contribution < -0.4 is 10.6 Å². The molecule has 0 radical (unpaired) electrons. The number of rotatable bonds is 4. The van der Waals surface area contributed by atoms with Gasteiger partial charge in [-0.15, -0.1) is 0 Å². The molecule has 0 saturated carbocycles. The molecule has 6 heteroatoms. The van der Waals surface area contributed by atoms with E-state index in [0.29, 0.717) is 17.2 Å². The molecule has 0 bridgehead atoms. The molecule has 6 nitrogen and oxygen atoms in total. The minimum Gasteiger partial charge on any atom is -0.348 e. The van der Waals surface area contributed by atoms with Crippen LogP contribution >= 0.6 is 0 Å². The van der Waals surface area contributed by atoms with Crippen molar-refractivity contribution < 1.29 is 4.79 Å². The summed E-state index contributed by atoms with van der Waals surface area (Å²) in [4.78, 5) is 17.3. The number of nitrogens with one attached hydrogen (secondary N) is 2. The average molecular weight is 365 g/mol. The number of aromatic nitrogens is 3. The van der Waals surface area contributed by atoms with Crippen molar-refractivity contribution in [2.75, 3.05) is 5.32 Å². The topological polar surface area (TPSA) is 71.8 Å². The van der Waals surface area contributed by atoms with Gasteiger partial charge in [-0.25, -0.2) is 9.67 Å². The Bertz CT molecular complexity index is 965. The zero-order chi connectivity index (χ0) is 19.8. The van der Waals surface area contributed by atoms with Gasteiger partial charge >= 0.3 is 0 Å². The van der Waals surface area contributed by atoms with E-state index in [0.717, 1.165) is 11.1 Å². The third-order valence-corrected chi connectivity index (χ3v) is 4.13. The zero-order valence-electron chi connectivity index (χ0n) is 16.8. The molecular weight excluding hydrogens is 338 g/mol. The van der Waals surface area contributed by atoms with E-state index in [4.69, 9.17) is 4.98 Å². The maximum atomic E-state index is 12.6. The lowest BCUT2D eigenvalue weighted by molar-refractivity contribution is 0.0938. The van der Waals surface area contributed by atoms with Crippen LogP contribution in [0, 0.1) is 6.92 Å². The van der Waals surface area contributed by atoms with Crippen molar-refractivity contribution in [1.29, 1.82) is 0 Å². The Morgan fingerprint density at radius 2 is 1.74 bits per heavy atom. The molecule has 0 unspecified atom stereocenters. The summed E-state index contributed by atoms with van der Waals surface area (Å²) in [5.41, 5.74) is 2.96. The molecular formula is C21H27N5O. The zero-order valence-corrected chi connectivity index (χ0v) is 16.8. The third kappa shape index (κ3) is 4.10. The van der Waals surface area contributed by atoms with Crippen LogP contribution in [0.3, 0.4) is 0 Å². The van der Waals surface area contributed by atoms with Gasteiger partial charge in [0.05, 0.1) is 10.9 Å². The van der Waals surface area contributed by atoms with Crippen LogP contribution in [0.25, 0.3) is 11.0 Å². The monoisotopic (exact) mass is 365 g/mol. The second-order valence-electron chi connectivity index (χ2n) is 8.12. The van der Waals surface area contributed by atoms with Crippen LogP contribution in [0.5, 0.6) is 0 Å². The minimum atomic E-state index is -0.301. The minimum absolute atomic E-state index is 0.0442. The van der Waals surface area contributed by atoms with Crippen molar-refractivity contribution in [3.05, 3.63) is 47.7 Å². The van der Waals surface area contributed by atoms with Gasteiger partial charge in [-0.1, -0.05) is 17.7 Å². The van der Waals surface area contributed by atoms with Crippen molar-refractivity contribution in [1.82, 2.24) is 20.1 Å². The molecule has 1 amide bonds. The number of nitrogens with zero attached hydrogens (tertiary/aromatic N) is 3. The van der Waals surface area contributed by atoms with Crippen molar-refractivity contribution in [3.63, 3.8) is 0 Å². The summed E-state index contributed by atoms with van der Waals surface area (Å²) in [6.07, 6.45) is 0. The normalized spacial score (nSPS) is 11.8. The summed E-state index contributed by atoms with van der Waals surface area (Å²) in [7, 11) is 0. The molecule has 2 aromatic heterocycles. The highest BCUT2D eigenvalue weighted by Gasteiger charge is 2.25. The van der Waals surface area contributed by atoms with E-state index >= 15 is 0 Å². The van der Waals surface area contributed by atoms with Gasteiger partial charge in [-0.05, 0) is 65.8 Å². The van der Waals surface area contributed by atoms with Gasteiger partial charge in [0.25, 0.3) is 5.91 Å². The van der Waals surface area contributed by atoms with Crippen LogP contribution in [0.15, 0.2) is 36.4 Å². The second kappa shape index (κ2) is 7.02. The summed E-state index contributed by atoms with van der Waals surface area (Å²) in [5, 5.41) is 11.6. The molecule has 3 rings (SSSR count). The van der Waals surface area contributed by atoms with Gasteiger partial charge in [0, 0.05) is 11.7 Å². The molecule has 0 atom stereocenters. The number of carbonyl (C=O) groups excluding carboxylic acids is 1. The first-order chi connectivity index (χ1) is 12.6. The molecule has 0 spiro atoms. The fourth-order valence-corrected chi connectivity index (χ4v) is 2.82. The molecule has 2 N–H and O–H groups in total. The maximum absolute atomic E-state index is 12.6. The van der Waals surface area contributed by atoms with E-state index in [1.807, 2.05) is 63.6 Å². The smallest absolute Gasteiger partial charge is 0.272 e. The maximum Gasteiger partial charge on any atom is 0.272 e. The van der Waals surface area contributed by atoms with E-state index in [9.17, 15) is 4.79 Å². The number of benzene rings is 1. The highest BCUT2D eigenvalue weighted by atomic mass is 16.2. The predicted molar refractivity (Wildman–Crippen MR) is 110 cm³/mol. The van der Waals surface area contributed by atoms with Gasteiger partial charge in [0.15, 0.2) is 11.3 Å². The van der Waals surface area contributed by atoms with Crippen molar-refractivity contribution in [2.45, 2.75) is 53.1 Å². The van der Waals surface area contributed by atoms with E-state index in [1.54, 1.807) is 0 Å². The number of fused-ring (bicyclic) bond motifs is 1. The van der Waals surface area contributed by atoms with Gasteiger partial charge in [-0.2, -0.15) is 5.10 Å². The first-order valence-electron chi connectivity index (χ1n) is 9.20. The Morgan fingerprint density at radius 1 is 1.07 bits per heavy atom. The summed E-state index contributed by atoms with van der Waals surface area (Å²) in [6, 6.07) is 12.0. The molecule has 2 heterocycles. The van der Waals surface area contributed by atoms with Gasteiger partial charge in [0.1, 0.15) is 5.82 Å². The standard InChI is InChI=1S/C21H27N5O/c1-13(2)22-20(27)18-16-11-12-17(23-15-9-7-14(3)8-10-15)24-19(16)26(25-18)21(4,5)6/h7-13H,1-6H3,(H,22,27)(H,23,24). The van der Waals surface area contributed by atoms with E-state index in [2.05, 4.69) is 34.8 Å². The molecule has 27 heavy (non-hydrogen) atoms. The number of amides is 1. The van der Waals surface area contributed by atoms with Crippen LogP contribution in [0.2, 0.25) is 0 Å². The molecule has 3 aromatic rings. The van der Waals surface area contributed by atoms with Crippen LogP contribution in [0.4, 0.5) is 11.5 Å². The lowest BCUT2D eigenvalue weighted by Crippen LogP contribution is -2.31. The van der Waals surface area contributed by atoms with E-state index in [1.165, 1.54) is 5.56 Å². The molecule has 142 valence electrons. The summed E-state index contributed by atoms with van der Waals surface area (Å²) in [5.74, 6) is 0.534. The van der Waals surface area contributed by atoms with Crippen LogP contribution in [-0.4, -0.2) is 26.7 Å². The number of hydrogen-bond acceptors (Lipinski definition) is 4. The predicted octanol–water partition coefficient (Wildman–Crippen LogP) is 4.38. The van der Waals surface area contributed by atoms with Gasteiger partial charge in [0.2, 0.25) is 0 Å². The molecule has 0 aliphatic carbocycles. The van der Waals surface area contributed by atoms with E-state index in [-0.39, 0.29) is 17.5 Å². The van der Waals surface area contributed by atoms with Crippen molar-refractivity contribution in [3.8, 4) is 0 Å². The second-order valence-corrected chi connectivity index (χ2v) is 8.12. The SMILES string of the molecule is Cc1ccc(Nc2ccc3c(C(=O)NC(C)C)nn(C(C)(C)C)c3n2)cc1. The van der Waals surface area contributed by atoms with E-state index < -0.39 is 0 Å². The number of carbonyl (C=O) groups is 1. The highest BCUT2D eigenvalue weighted by molar-refractivity contribution is 6.04. The third-order valence-electron chi connectivity index (χ3n) is 4.13. The summed E-state index contributed by atoms with van der Waals surface area (Å²) in [6.45, 7) is 12.1. The van der Waals surface area contributed by atoms with Gasteiger partial charge < -0.3 is 10.6 Å². The molecule has 1 aromatic carbocycles. The largest absolute Gasteiger partial charge is 0.348 e. The molecule has 0 fully saturated rings. The Labute approximate surface area is 160 Å². The Morgan fingerprint density at radius 3 is 2.33 bits per heavy atom. The quantitative estimate of drug-likeness (QED) is 0.720. The summed E-state index contributed by atoms with van der Waals surface area (Å²) >= 11 is 0. The van der Waals surface area contributed by atoms with Crippen molar-refractivity contribution in [2.24, 2.45) is 0 Å². The van der Waals surface area contributed by atoms with Crippen molar-refractivity contribution >= 4 is 28.4 Å². The Hall–Kier alpha value is -2.89. The fourth-order valence-electron chi connectivity index (χ4n) is 2.82. The number of hydrogen-bond donors (Lipinski definition) is 2. The summed E-state index contributed by atoms with van der Waals surface area (Å²) < 4.78 is 1.82. The molecule has 0 aliphatic heterocycles. The first-order valence-corrected chi connectivity index (χ1v) is 9.20. The average Bonchev–Trinajstić information content (AvgIpc) is 2.95. The fraction of sp³-hybridized carbons (Fsp3) is 0.381. The molecule has 0 saturated heterocycles. The van der Waals surface area contributed by atoms with Gasteiger partial charge in [-0.3, -0.25) is 4.79 Å². The first kappa shape index (κ1) is 18.9. The Balaban J connectivity index is 2.06. The van der Waals surface area contributed by atoms with Crippen LogP contribution in [-0.2, 0) is 5.54 Å². The number of anilines is 2. The number of pyridine rings is 1.